The van der Waals surface area contributed by atoms with Crippen molar-refractivity contribution in [2.45, 2.75) is 25.9 Å². The maximum Gasteiger partial charge on any atom is 0.209 e. The molecule has 0 fully saturated rings. The fourth-order valence-electron chi connectivity index (χ4n) is 1.77. The van der Waals surface area contributed by atoms with E-state index in [0.29, 0.717) is 33.7 Å². The zero-order valence-electron chi connectivity index (χ0n) is 11.4. The lowest BCUT2D eigenvalue weighted by atomic mass is 10.1. The second-order valence-corrected chi connectivity index (χ2v) is 8.12. The van der Waals surface area contributed by atoms with E-state index in [9.17, 15) is 8.42 Å². The van der Waals surface area contributed by atoms with Crippen LogP contribution in [-0.2, 0) is 16.6 Å². The van der Waals surface area contributed by atoms with Crippen molar-refractivity contribution in [2.75, 3.05) is 12.8 Å². The third-order valence-electron chi connectivity index (χ3n) is 2.47. The molecule has 0 spiro atoms. The molecule has 0 atom stereocenters. The summed E-state index contributed by atoms with van der Waals surface area (Å²) in [6, 6.07) is 3.30. The minimum Gasteiger partial charge on any atom is -0.311 e. The Bertz CT molecular complexity index is 589. The quantitative estimate of drug-likeness (QED) is 0.767. The average Bonchev–Trinajstić information content (AvgIpc) is 2.25. The Morgan fingerprint density at radius 2 is 1.70 bits per heavy atom. The second-order valence-electron chi connectivity index (χ2n) is 5.18. The van der Waals surface area contributed by atoms with E-state index in [1.54, 1.807) is 26.0 Å². The molecule has 0 aliphatic heterocycles. The highest BCUT2D eigenvalue weighted by Gasteiger charge is 2.21. The number of benzene rings is 1. The van der Waals surface area contributed by atoms with Crippen LogP contribution >= 0.6 is 34.8 Å². The van der Waals surface area contributed by atoms with Crippen molar-refractivity contribution in [3.63, 3.8) is 0 Å². The van der Waals surface area contributed by atoms with Gasteiger partial charge in [-0.2, -0.15) is 0 Å². The highest BCUT2D eigenvalue weighted by Crippen LogP contribution is 2.31. The molecule has 20 heavy (non-hydrogen) atoms. The molecule has 0 heterocycles. The van der Waals surface area contributed by atoms with E-state index in [4.69, 9.17) is 34.8 Å². The van der Waals surface area contributed by atoms with Crippen LogP contribution in [0.4, 0.5) is 0 Å². The molecule has 0 aliphatic carbocycles. The molecular formula is C12H17Cl3N2O2S. The van der Waals surface area contributed by atoms with E-state index in [2.05, 4.69) is 10.0 Å². The smallest absolute Gasteiger partial charge is 0.209 e. The summed E-state index contributed by atoms with van der Waals surface area (Å²) in [5.41, 5.74) is 0.0708. The van der Waals surface area contributed by atoms with E-state index >= 15 is 0 Å². The number of halogens is 3. The van der Waals surface area contributed by atoms with Gasteiger partial charge in [-0.1, -0.05) is 34.8 Å². The Labute approximate surface area is 134 Å². The van der Waals surface area contributed by atoms with Gasteiger partial charge in [0.2, 0.25) is 10.0 Å². The van der Waals surface area contributed by atoms with E-state index in [1.807, 2.05) is 0 Å². The summed E-state index contributed by atoms with van der Waals surface area (Å²) < 4.78 is 25.0. The van der Waals surface area contributed by atoms with E-state index in [1.165, 1.54) is 0 Å². The number of rotatable bonds is 6. The minimum atomic E-state index is -3.26. The van der Waals surface area contributed by atoms with Crippen molar-refractivity contribution in [3.8, 4) is 0 Å². The lowest BCUT2D eigenvalue weighted by Gasteiger charge is -2.25. The third kappa shape index (κ3) is 5.76. The number of sulfonamides is 1. The van der Waals surface area contributed by atoms with Crippen LogP contribution in [0, 0.1) is 0 Å². The van der Waals surface area contributed by atoms with Gasteiger partial charge >= 0.3 is 0 Å². The molecule has 1 rings (SSSR count). The molecule has 114 valence electrons. The predicted octanol–water partition coefficient (Wildman–Crippen LogP) is 3.06. The van der Waals surface area contributed by atoms with Crippen molar-refractivity contribution >= 4 is 44.8 Å². The highest BCUT2D eigenvalue weighted by molar-refractivity contribution is 7.88. The van der Waals surface area contributed by atoms with Gasteiger partial charge in [0.25, 0.3) is 0 Å². The lowest BCUT2D eigenvalue weighted by molar-refractivity contribution is 0.421. The first-order valence-electron chi connectivity index (χ1n) is 5.84. The first-order chi connectivity index (χ1) is 9.02. The largest absolute Gasteiger partial charge is 0.311 e. The second kappa shape index (κ2) is 6.81. The Balaban J connectivity index is 2.68. The summed E-state index contributed by atoms with van der Waals surface area (Å²) in [5, 5.41) is 4.47. The van der Waals surface area contributed by atoms with Crippen LogP contribution < -0.4 is 10.0 Å². The molecular weight excluding hydrogens is 343 g/mol. The molecule has 0 bridgehead atoms. The monoisotopic (exact) mass is 358 g/mol. The summed E-state index contributed by atoms with van der Waals surface area (Å²) in [5.74, 6) is 0. The van der Waals surface area contributed by atoms with Crippen molar-refractivity contribution in [1.82, 2.24) is 10.0 Å². The van der Waals surface area contributed by atoms with Gasteiger partial charge in [0.05, 0.1) is 16.3 Å². The Hall–Kier alpha value is -0.0400. The van der Waals surface area contributed by atoms with Gasteiger partial charge in [0.15, 0.2) is 0 Å². The molecule has 2 N–H and O–H groups in total. The molecule has 4 nitrogen and oxygen atoms in total. The van der Waals surface area contributed by atoms with Crippen molar-refractivity contribution in [3.05, 3.63) is 32.8 Å². The van der Waals surface area contributed by atoms with Crippen LogP contribution in [0.3, 0.4) is 0 Å². The van der Waals surface area contributed by atoms with Crippen LogP contribution in [0.15, 0.2) is 12.1 Å². The van der Waals surface area contributed by atoms with Crippen LogP contribution in [0.25, 0.3) is 0 Å². The van der Waals surface area contributed by atoms with Crippen molar-refractivity contribution in [2.24, 2.45) is 0 Å². The Morgan fingerprint density at radius 1 is 1.15 bits per heavy atom. The molecule has 0 unspecified atom stereocenters. The van der Waals surface area contributed by atoms with Crippen molar-refractivity contribution < 1.29 is 8.42 Å². The predicted molar refractivity (Wildman–Crippen MR) is 85.2 cm³/mol. The molecule has 8 heteroatoms. The fraction of sp³-hybridized carbons (Fsp3) is 0.500. The zero-order valence-corrected chi connectivity index (χ0v) is 14.5. The molecule has 0 aromatic heterocycles. The number of hydrogen-bond donors (Lipinski definition) is 2. The van der Waals surface area contributed by atoms with Gasteiger partial charge in [-0.15, -0.1) is 0 Å². The summed E-state index contributed by atoms with van der Waals surface area (Å²) in [6.07, 6.45) is 1.12. The van der Waals surface area contributed by atoms with Crippen LogP contribution in [0.1, 0.15) is 19.4 Å². The normalized spacial score (nSPS) is 12.7. The third-order valence-corrected chi connectivity index (χ3v) is 4.59. The van der Waals surface area contributed by atoms with Gasteiger partial charge < -0.3 is 5.32 Å². The average molecular weight is 360 g/mol. The first-order valence-corrected chi connectivity index (χ1v) is 8.86. The van der Waals surface area contributed by atoms with E-state index in [-0.39, 0.29) is 0 Å². The minimum absolute atomic E-state index is 0.396. The molecule has 0 saturated heterocycles. The summed E-state index contributed by atoms with van der Waals surface area (Å²) in [7, 11) is -3.26. The number of hydrogen-bond acceptors (Lipinski definition) is 3. The molecule has 1 aromatic rings. The van der Waals surface area contributed by atoms with Crippen LogP contribution in [0.2, 0.25) is 15.1 Å². The highest BCUT2D eigenvalue weighted by atomic mass is 35.5. The topological polar surface area (TPSA) is 58.2 Å². The van der Waals surface area contributed by atoms with Crippen LogP contribution in [-0.4, -0.2) is 26.8 Å². The van der Waals surface area contributed by atoms with Gasteiger partial charge in [0, 0.05) is 29.2 Å². The Kier molecular flexibility index (Phi) is 6.14. The van der Waals surface area contributed by atoms with Crippen LogP contribution in [0.5, 0.6) is 0 Å². The summed E-state index contributed by atoms with van der Waals surface area (Å²) in [6.45, 7) is 4.37. The molecule has 1 aromatic carbocycles. The molecule has 0 radical (unpaired) electrons. The SMILES string of the molecule is CC(C)(CNCc1c(Cl)ccc(Cl)c1Cl)NS(C)(=O)=O. The van der Waals surface area contributed by atoms with E-state index < -0.39 is 15.6 Å². The lowest BCUT2D eigenvalue weighted by Crippen LogP contribution is -2.49. The van der Waals surface area contributed by atoms with Gasteiger partial charge in [-0.05, 0) is 26.0 Å². The maximum absolute atomic E-state index is 11.2. The van der Waals surface area contributed by atoms with E-state index in [0.717, 1.165) is 6.26 Å². The zero-order chi connectivity index (χ0) is 15.6. The molecule has 0 amide bonds. The van der Waals surface area contributed by atoms with Gasteiger partial charge in [-0.25, -0.2) is 13.1 Å². The summed E-state index contributed by atoms with van der Waals surface area (Å²) in [4.78, 5) is 0. The van der Waals surface area contributed by atoms with Crippen molar-refractivity contribution in [1.29, 1.82) is 0 Å². The summed E-state index contributed by atoms with van der Waals surface area (Å²) >= 11 is 18.1. The first kappa shape index (κ1) is 18.0. The Morgan fingerprint density at radius 3 is 2.25 bits per heavy atom. The number of nitrogens with one attached hydrogen (secondary N) is 2. The van der Waals surface area contributed by atoms with Gasteiger partial charge in [0.1, 0.15) is 0 Å². The molecule has 0 aliphatic rings. The molecule has 0 saturated carbocycles. The fourth-order valence-corrected chi connectivity index (χ4v) is 3.53. The standard InChI is InChI=1S/C12H17Cl3N2O2S/c1-12(2,17-20(3,18)19)7-16-6-8-9(13)4-5-10(14)11(8)15/h4-5,16-17H,6-7H2,1-3H3. The van der Waals surface area contributed by atoms with Gasteiger partial charge in [-0.3, -0.25) is 0 Å². The maximum atomic E-state index is 11.2.